The molecule has 1 heterocycles. The van der Waals surface area contributed by atoms with Gasteiger partial charge in [0.25, 0.3) is 5.91 Å². The first-order valence-electron chi connectivity index (χ1n) is 8.29. The first kappa shape index (κ1) is 22.2. The molecule has 1 saturated heterocycles. The third-order valence-electron chi connectivity index (χ3n) is 4.28. The van der Waals surface area contributed by atoms with E-state index in [0.717, 1.165) is 36.4 Å². The van der Waals surface area contributed by atoms with Gasteiger partial charge < -0.3 is 5.32 Å². The Morgan fingerprint density at radius 3 is 1.71 bits per heavy atom. The normalized spacial score (nSPS) is 17.2. The van der Waals surface area contributed by atoms with E-state index in [1.165, 1.54) is 12.1 Å². The number of carbonyl (C=O) groups is 4. The van der Waals surface area contributed by atoms with Crippen LogP contribution in [-0.2, 0) is 39.2 Å². The second-order valence-corrected chi connectivity index (χ2v) is 9.50. The summed E-state index contributed by atoms with van der Waals surface area (Å²) in [6.45, 7) is 0. The smallest absolute Gasteiger partial charge is 0.302 e. The maximum atomic E-state index is 12.6. The van der Waals surface area contributed by atoms with Gasteiger partial charge >= 0.3 is 5.91 Å². The molecule has 0 spiro atoms. The Hall–Kier alpha value is -3.46. The Morgan fingerprint density at radius 2 is 1.26 bits per heavy atom. The molecule has 0 aliphatic carbocycles. The quantitative estimate of drug-likeness (QED) is 0.273. The molecule has 31 heavy (non-hydrogen) atoms. The van der Waals surface area contributed by atoms with Crippen LogP contribution >= 0.6 is 0 Å². The van der Waals surface area contributed by atoms with Crippen LogP contribution in [0.4, 0.5) is 11.4 Å². The van der Waals surface area contributed by atoms with E-state index in [-0.39, 0.29) is 21.2 Å². The second kappa shape index (κ2) is 7.66. The Bertz CT molecular complexity index is 1320. The van der Waals surface area contributed by atoms with E-state index in [4.69, 9.17) is 10.3 Å². The number of primary sulfonamides is 2. The minimum absolute atomic E-state index is 0.0569. The third kappa shape index (κ3) is 4.36. The number of amides is 3. The monoisotopic (exact) mass is 466 g/mol. The Labute approximate surface area is 175 Å². The van der Waals surface area contributed by atoms with E-state index < -0.39 is 49.5 Å². The number of carbonyl (C=O) groups excluding carboxylic acids is 4. The first-order valence-corrected chi connectivity index (χ1v) is 11.4. The molecule has 0 bridgehead atoms. The molecule has 0 radical (unpaired) electrons. The summed E-state index contributed by atoms with van der Waals surface area (Å²) in [7, 11) is -7.97. The lowest BCUT2D eigenvalue weighted by Gasteiger charge is -2.14. The highest BCUT2D eigenvalue weighted by atomic mass is 32.2. The summed E-state index contributed by atoms with van der Waals surface area (Å²) in [5, 5.41) is 12.2. The van der Waals surface area contributed by atoms with E-state index in [1.807, 2.05) is 0 Å². The number of rotatable bonds is 5. The lowest BCUT2D eigenvalue weighted by molar-refractivity contribution is -0.139. The van der Waals surface area contributed by atoms with Gasteiger partial charge in [-0.05, 0) is 48.5 Å². The zero-order chi connectivity index (χ0) is 23.1. The fourth-order valence-electron chi connectivity index (χ4n) is 2.78. The number of imide groups is 1. The summed E-state index contributed by atoms with van der Waals surface area (Å²) in [6, 6.07) is 8.85. The molecule has 2 aromatic rings. The number of Topliss-reactive ketones (excluding diaryl/α,β-unsaturated/α-hetero) is 1. The number of nitrogens with zero attached hydrogens (tertiary/aromatic N) is 1. The highest BCUT2D eigenvalue weighted by Crippen LogP contribution is 2.26. The lowest BCUT2D eigenvalue weighted by Crippen LogP contribution is -2.34. The number of nitrogens with two attached hydrogens (primary N) is 2. The molecule has 14 heteroatoms. The van der Waals surface area contributed by atoms with Crippen LogP contribution in [-0.4, -0.2) is 40.3 Å². The Morgan fingerprint density at radius 1 is 0.806 bits per heavy atom. The van der Waals surface area contributed by atoms with E-state index in [0.29, 0.717) is 4.90 Å². The molecule has 1 fully saturated rings. The summed E-state index contributed by atoms with van der Waals surface area (Å²) < 4.78 is 45.2. The van der Waals surface area contributed by atoms with Crippen molar-refractivity contribution < 1.29 is 36.0 Å². The van der Waals surface area contributed by atoms with Crippen LogP contribution in [0, 0.1) is 5.92 Å². The molecule has 2 aromatic carbocycles. The molecule has 0 aromatic heterocycles. The van der Waals surface area contributed by atoms with Gasteiger partial charge in [-0.3, -0.25) is 19.2 Å². The van der Waals surface area contributed by atoms with Gasteiger partial charge in [-0.25, -0.2) is 32.0 Å². The average molecular weight is 466 g/mol. The second-order valence-electron chi connectivity index (χ2n) is 6.37. The molecule has 5 N–H and O–H groups in total. The fourth-order valence-corrected chi connectivity index (χ4v) is 3.81. The predicted molar refractivity (Wildman–Crippen MR) is 105 cm³/mol. The van der Waals surface area contributed by atoms with Crippen molar-refractivity contribution in [3.05, 3.63) is 48.5 Å². The van der Waals surface area contributed by atoms with Crippen LogP contribution in [0.15, 0.2) is 58.3 Å². The molecule has 162 valence electrons. The average Bonchev–Trinajstić information content (AvgIpc) is 2.89. The van der Waals surface area contributed by atoms with Crippen molar-refractivity contribution in [2.75, 3.05) is 10.2 Å². The molecule has 0 saturated carbocycles. The number of benzene rings is 2. The highest BCUT2D eigenvalue weighted by Gasteiger charge is 2.51. The molecular formula is C17H14N4O8S2. The lowest BCUT2D eigenvalue weighted by atomic mass is 10.1. The molecular weight excluding hydrogens is 452 g/mol. The van der Waals surface area contributed by atoms with Crippen molar-refractivity contribution >= 4 is 54.9 Å². The van der Waals surface area contributed by atoms with Gasteiger partial charge in [0.05, 0.1) is 15.5 Å². The molecule has 0 unspecified atom stereocenters. The minimum Gasteiger partial charge on any atom is -0.325 e. The maximum Gasteiger partial charge on any atom is 0.302 e. The fraction of sp³-hybridized carbons (Fsp3) is 0.0588. The Kier molecular flexibility index (Phi) is 5.49. The van der Waals surface area contributed by atoms with Crippen molar-refractivity contribution in [2.24, 2.45) is 16.2 Å². The number of ketones is 1. The number of nitrogens with one attached hydrogen (secondary N) is 1. The van der Waals surface area contributed by atoms with Crippen LogP contribution in [0.2, 0.25) is 0 Å². The zero-order valence-corrected chi connectivity index (χ0v) is 17.0. The van der Waals surface area contributed by atoms with Crippen LogP contribution in [0.5, 0.6) is 0 Å². The van der Waals surface area contributed by atoms with Crippen LogP contribution in [0.3, 0.4) is 0 Å². The van der Waals surface area contributed by atoms with Crippen molar-refractivity contribution in [1.29, 1.82) is 0 Å². The summed E-state index contributed by atoms with van der Waals surface area (Å²) in [5.41, 5.74) is -0.0649. The van der Waals surface area contributed by atoms with Gasteiger partial charge in [0.1, 0.15) is 0 Å². The van der Waals surface area contributed by atoms with Crippen molar-refractivity contribution in [1.82, 2.24) is 0 Å². The third-order valence-corrected chi connectivity index (χ3v) is 6.14. The van der Waals surface area contributed by atoms with Crippen molar-refractivity contribution in [3.63, 3.8) is 0 Å². The molecule has 3 rings (SSSR count). The van der Waals surface area contributed by atoms with Gasteiger partial charge in [-0.2, -0.15) is 0 Å². The largest absolute Gasteiger partial charge is 0.325 e. The molecule has 1 aliphatic rings. The highest BCUT2D eigenvalue weighted by molar-refractivity contribution is 7.89. The van der Waals surface area contributed by atoms with Gasteiger partial charge in [-0.1, -0.05) is 0 Å². The van der Waals surface area contributed by atoms with Gasteiger partial charge in [-0.15, -0.1) is 0 Å². The van der Waals surface area contributed by atoms with Crippen LogP contribution < -0.4 is 20.5 Å². The van der Waals surface area contributed by atoms with Crippen LogP contribution in [0.25, 0.3) is 0 Å². The maximum absolute atomic E-state index is 12.6. The standard InChI is InChI=1S/C17H14N4O8S2/c18-30(26,27)11-5-1-9(2-6-11)20-15(23)13-14(22)17(25)21(16(13)24)10-3-7-12(8-4-10)31(19,28)29/h1-8,13H,(H,20,23)(H2,18,26,27)(H2,19,28,29)/t13-/m0/s1. The first-order chi connectivity index (χ1) is 14.3. The summed E-state index contributed by atoms with van der Waals surface area (Å²) in [4.78, 5) is 49.6. The minimum atomic E-state index is -4.02. The molecule has 12 nitrogen and oxygen atoms in total. The van der Waals surface area contributed by atoms with Crippen molar-refractivity contribution in [3.8, 4) is 0 Å². The summed E-state index contributed by atoms with van der Waals surface area (Å²) in [6.07, 6.45) is 0. The van der Waals surface area contributed by atoms with Crippen LogP contribution in [0.1, 0.15) is 0 Å². The van der Waals surface area contributed by atoms with E-state index in [9.17, 15) is 36.0 Å². The van der Waals surface area contributed by atoms with E-state index >= 15 is 0 Å². The van der Waals surface area contributed by atoms with Gasteiger partial charge in [0, 0.05) is 5.69 Å². The SMILES string of the molecule is NS(=O)(=O)c1ccc(NC(=O)[C@@H]2C(=O)C(=O)N(c3ccc(S(N)(=O)=O)cc3)C2=O)cc1. The van der Waals surface area contributed by atoms with E-state index in [2.05, 4.69) is 5.32 Å². The predicted octanol–water partition coefficient (Wildman–Crippen LogP) is -1.32. The topological polar surface area (TPSA) is 204 Å². The molecule has 1 atom stereocenters. The number of hydrogen-bond donors (Lipinski definition) is 3. The molecule has 3 amide bonds. The molecule has 1 aliphatic heterocycles. The Balaban J connectivity index is 1.83. The number of anilines is 2. The van der Waals surface area contributed by atoms with Gasteiger partial charge in [0.15, 0.2) is 5.92 Å². The van der Waals surface area contributed by atoms with E-state index in [1.54, 1.807) is 0 Å². The number of hydrogen-bond acceptors (Lipinski definition) is 8. The summed E-state index contributed by atoms with van der Waals surface area (Å²) >= 11 is 0. The van der Waals surface area contributed by atoms with Gasteiger partial charge in [0.2, 0.25) is 31.7 Å². The number of sulfonamides is 2. The zero-order valence-electron chi connectivity index (χ0n) is 15.4. The summed E-state index contributed by atoms with van der Waals surface area (Å²) in [5.74, 6) is -6.74. The van der Waals surface area contributed by atoms with Crippen molar-refractivity contribution in [2.45, 2.75) is 9.79 Å².